The van der Waals surface area contributed by atoms with Crippen LogP contribution in [0.3, 0.4) is 0 Å². The normalized spacial score (nSPS) is 20.7. The Bertz CT molecular complexity index is 772. The van der Waals surface area contributed by atoms with Crippen molar-refractivity contribution < 1.29 is 19.1 Å². The molecule has 3 rings (SSSR count). The summed E-state index contributed by atoms with van der Waals surface area (Å²) in [6.07, 6.45) is 0. The number of amides is 1. The third-order valence-corrected chi connectivity index (χ3v) is 5.07. The number of ether oxygens (including phenoxy) is 2. The average Bonchev–Trinajstić information content (AvgIpc) is 3.04. The van der Waals surface area contributed by atoms with Gasteiger partial charge in [-0.05, 0) is 30.2 Å². The first kappa shape index (κ1) is 18.0. The maximum absolute atomic E-state index is 13.2. The Kier molecular flexibility index (Phi) is 5.26. The summed E-state index contributed by atoms with van der Waals surface area (Å²) in [7, 11) is 2.96. The first-order chi connectivity index (χ1) is 12.6. The first-order valence-electron chi connectivity index (χ1n) is 8.64. The molecule has 0 aliphatic carbocycles. The van der Waals surface area contributed by atoms with Crippen molar-refractivity contribution >= 4 is 11.9 Å². The number of methoxy groups -OCH3 is 2. The quantitative estimate of drug-likeness (QED) is 0.775. The second-order valence-corrected chi connectivity index (χ2v) is 6.46. The van der Waals surface area contributed by atoms with Crippen LogP contribution >= 0.6 is 0 Å². The van der Waals surface area contributed by atoms with E-state index in [0.717, 1.165) is 11.1 Å². The van der Waals surface area contributed by atoms with E-state index in [9.17, 15) is 9.59 Å². The van der Waals surface area contributed by atoms with Crippen molar-refractivity contribution in [3.8, 4) is 5.75 Å². The highest BCUT2D eigenvalue weighted by atomic mass is 16.5. The summed E-state index contributed by atoms with van der Waals surface area (Å²) < 4.78 is 10.2. The molecule has 1 aliphatic heterocycles. The molecule has 0 N–H and O–H groups in total. The standard InChI is InChI=1S/C21H23NO4/c1-14(15-7-5-4-6-8-15)22-13-18(21(24)26-3)19(20(22)23)16-9-11-17(25-2)12-10-16/h4-12,14,18-19H,13H2,1-3H3. The summed E-state index contributed by atoms with van der Waals surface area (Å²) in [4.78, 5) is 27.3. The average molecular weight is 353 g/mol. The van der Waals surface area contributed by atoms with Crippen molar-refractivity contribution in [1.29, 1.82) is 0 Å². The summed E-state index contributed by atoms with van der Waals surface area (Å²) in [5.41, 5.74) is 1.84. The molecule has 5 nitrogen and oxygen atoms in total. The van der Waals surface area contributed by atoms with E-state index >= 15 is 0 Å². The fourth-order valence-electron chi connectivity index (χ4n) is 3.57. The third-order valence-electron chi connectivity index (χ3n) is 5.07. The van der Waals surface area contributed by atoms with Crippen LogP contribution in [0.4, 0.5) is 0 Å². The molecule has 0 spiro atoms. The molecule has 1 aliphatic rings. The number of esters is 1. The lowest BCUT2D eigenvalue weighted by molar-refractivity contribution is -0.146. The van der Waals surface area contributed by atoms with Gasteiger partial charge in [0.2, 0.25) is 5.91 Å². The number of hydrogen-bond acceptors (Lipinski definition) is 4. The van der Waals surface area contributed by atoms with Crippen LogP contribution in [0.5, 0.6) is 5.75 Å². The van der Waals surface area contributed by atoms with Crippen LogP contribution in [-0.2, 0) is 14.3 Å². The summed E-state index contributed by atoms with van der Waals surface area (Å²) in [5.74, 6) is -0.765. The summed E-state index contributed by atoms with van der Waals surface area (Å²) in [6.45, 7) is 2.33. The van der Waals surface area contributed by atoms with Crippen LogP contribution in [0.2, 0.25) is 0 Å². The van der Waals surface area contributed by atoms with Gasteiger partial charge in [-0.15, -0.1) is 0 Å². The number of carbonyl (C=O) groups is 2. The predicted octanol–water partition coefficient (Wildman–Crippen LogP) is 3.17. The second kappa shape index (κ2) is 7.60. The lowest BCUT2D eigenvalue weighted by atomic mass is 9.88. The van der Waals surface area contributed by atoms with Crippen LogP contribution in [0, 0.1) is 5.92 Å². The first-order valence-corrected chi connectivity index (χ1v) is 8.64. The predicted molar refractivity (Wildman–Crippen MR) is 97.8 cm³/mol. The van der Waals surface area contributed by atoms with Gasteiger partial charge in [-0.1, -0.05) is 42.5 Å². The molecule has 0 saturated carbocycles. The Morgan fingerprint density at radius 3 is 2.31 bits per heavy atom. The van der Waals surface area contributed by atoms with Gasteiger partial charge in [-0.25, -0.2) is 0 Å². The SMILES string of the molecule is COC(=O)C1CN(C(C)c2ccccc2)C(=O)C1c1ccc(OC)cc1. The van der Waals surface area contributed by atoms with E-state index in [1.54, 1.807) is 24.1 Å². The molecule has 3 unspecified atom stereocenters. The fourth-order valence-corrected chi connectivity index (χ4v) is 3.57. The van der Waals surface area contributed by atoms with Crippen LogP contribution in [0.25, 0.3) is 0 Å². The molecule has 3 atom stereocenters. The van der Waals surface area contributed by atoms with Crippen LogP contribution in [0.1, 0.15) is 30.0 Å². The minimum absolute atomic E-state index is 0.0538. The largest absolute Gasteiger partial charge is 0.497 e. The molecule has 1 fully saturated rings. The van der Waals surface area contributed by atoms with Crippen molar-refractivity contribution in [2.45, 2.75) is 18.9 Å². The number of nitrogens with zero attached hydrogens (tertiary/aromatic N) is 1. The van der Waals surface area contributed by atoms with Gasteiger partial charge in [-0.2, -0.15) is 0 Å². The van der Waals surface area contributed by atoms with E-state index in [1.807, 2.05) is 49.4 Å². The molecule has 1 saturated heterocycles. The number of carbonyl (C=O) groups excluding carboxylic acids is 2. The van der Waals surface area contributed by atoms with Gasteiger partial charge < -0.3 is 14.4 Å². The molecule has 1 amide bonds. The van der Waals surface area contributed by atoms with Gasteiger partial charge in [0.1, 0.15) is 5.75 Å². The molecule has 5 heteroatoms. The van der Waals surface area contributed by atoms with Gasteiger partial charge in [0, 0.05) is 6.54 Å². The summed E-state index contributed by atoms with van der Waals surface area (Å²) in [5, 5.41) is 0. The molecule has 2 aromatic rings. The topological polar surface area (TPSA) is 55.8 Å². The lowest BCUT2D eigenvalue weighted by Gasteiger charge is -2.25. The highest BCUT2D eigenvalue weighted by Crippen LogP contribution is 2.39. The van der Waals surface area contributed by atoms with Gasteiger partial charge in [0.05, 0.1) is 32.1 Å². The van der Waals surface area contributed by atoms with E-state index in [0.29, 0.717) is 12.3 Å². The zero-order valence-corrected chi connectivity index (χ0v) is 15.2. The van der Waals surface area contributed by atoms with Crippen LogP contribution < -0.4 is 4.74 Å². The Balaban J connectivity index is 1.93. The van der Waals surface area contributed by atoms with E-state index in [1.165, 1.54) is 7.11 Å². The van der Waals surface area contributed by atoms with Gasteiger partial charge in [0.25, 0.3) is 0 Å². The van der Waals surface area contributed by atoms with Crippen molar-refractivity contribution in [3.63, 3.8) is 0 Å². The lowest BCUT2D eigenvalue weighted by Crippen LogP contribution is -2.30. The smallest absolute Gasteiger partial charge is 0.311 e. The van der Waals surface area contributed by atoms with Gasteiger partial charge in [-0.3, -0.25) is 9.59 Å². The maximum atomic E-state index is 13.2. The van der Waals surface area contributed by atoms with Crippen LogP contribution in [0.15, 0.2) is 54.6 Å². The van der Waals surface area contributed by atoms with Crippen molar-refractivity contribution in [1.82, 2.24) is 4.90 Å². The molecule has 0 radical (unpaired) electrons. The Labute approximate surface area is 153 Å². The molecule has 0 aromatic heterocycles. The minimum atomic E-state index is -0.542. The van der Waals surface area contributed by atoms with Crippen LogP contribution in [-0.4, -0.2) is 37.5 Å². The van der Waals surface area contributed by atoms with Crippen molar-refractivity contribution in [2.75, 3.05) is 20.8 Å². The zero-order chi connectivity index (χ0) is 18.7. The summed E-state index contributed by atoms with van der Waals surface area (Å²) in [6, 6.07) is 17.0. The van der Waals surface area contributed by atoms with Gasteiger partial charge in [0.15, 0.2) is 0 Å². The fraction of sp³-hybridized carbons (Fsp3) is 0.333. The molecular formula is C21H23NO4. The molecule has 26 heavy (non-hydrogen) atoms. The maximum Gasteiger partial charge on any atom is 0.311 e. The van der Waals surface area contributed by atoms with E-state index < -0.39 is 11.8 Å². The van der Waals surface area contributed by atoms with E-state index in [2.05, 4.69) is 0 Å². The number of rotatable bonds is 5. The molecule has 1 heterocycles. The number of benzene rings is 2. The van der Waals surface area contributed by atoms with E-state index in [4.69, 9.17) is 9.47 Å². The molecule has 0 bridgehead atoms. The molecule has 2 aromatic carbocycles. The number of likely N-dealkylation sites (tertiary alicyclic amines) is 1. The Morgan fingerprint density at radius 2 is 1.73 bits per heavy atom. The Morgan fingerprint density at radius 1 is 1.08 bits per heavy atom. The number of hydrogen-bond donors (Lipinski definition) is 0. The highest BCUT2D eigenvalue weighted by molar-refractivity contribution is 5.93. The molecule has 136 valence electrons. The second-order valence-electron chi connectivity index (χ2n) is 6.46. The van der Waals surface area contributed by atoms with Gasteiger partial charge >= 0.3 is 5.97 Å². The van der Waals surface area contributed by atoms with E-state index in [-0.39, 0.29) is 17.9 Å². The Hall–Kier alpha value is -2.82. The molecular weight excluding hydrogens is 330 g/mol. The summed E-state index contributed by atoms with van der Waals surface area (Å²) >= 11 is 0. The monoisotopic (exact) mass is 353 g/mol. The minimum Gasteiger partial charge on any atom is -0.497 e. The highest BCUT2D eigenvalue weighted by Gasteiger charge is 2.47. The van der Waals surface area contributed by atoms with Crippen molar-refractivity contribution in [3.05, 3.63) is 65.7 Å². The van der Waals surface area contributed by atoms with Crippen molar-refractivity contribution in [2.24, 2.45) is 5.92 Å². The third kappa shape index (κ3) is 3.29. The zero-order valence-electron chi connectivity index (χ0n) is 15.2.